The maximum atomic E-state index is 8.71. The first-order chi connectivity index (χ1) is 20.7. The van der Waals surface area contributed by atoms with Crippen LogP contribution in [-0.4, -0.2) is 64.3 Å². The molecule has 1 N–H and O–H groups in total. The maximum absolute atomic E-state index is 8.71. The smallest absolute Gasteiger partial charge is 0.192 e. The van der Waals surface area contributed by atoms with Crippen molar-refractivity contribution in [2.45, 2.75) is 128 Å². The molecule has 0 saturated heterocycles. The molecular weight excluding hydrogens is 556 g/mol. The molecule has 2 aliphatic rings. The lowest BCUT2D eigenvalue weighted by molar-refractivity contribution is -0.0431. The average Bonchev–Trinajstić information content (AvgIpc) is 3.02. The van der Waals surface area contributed by atoms with E-state index in [-0.39, 0.29) is 11.6 Å². The van der Waals surface area contributed by atoms with Crippen LogP contribution in [0.4, 0.5) is 0 Å². The normalized spacial score (nSPS) is 22.9. The predicted octanol–water partition coefficient (Wildman–Crippen LogP) is 8.08. The molecule has 0 atom stereocenters. The van der Waals surface area contributed by atoms with Gasteiger partial charge in [0.2, 0.25) is 0 Å². The van der Waals surface area contributed by atoms with Gasteiger partial charge in [-0.1, -0.05) is 81.4 Å². The first kappa shape index (κ1) is 35.9. The molecule has 0 aliphatic heterocycles. The van der Waals surface area contributed by atoms with Crippen LogP contribution in [0.3, 0.4) is 0 Å². The van der Waals surface area contributed by atoms with E-state index in [9.17, 15) is 0 Å². The van der Waals surface area contributed by atoms with E-state index >= 15 is 0 Å². The molecule has 7 heteroatoms. The Labute approximate surface area is 262 Å². The topological polar surface area (TPSA) is 66.4 Å². The minimum atomic E-state index is -1.65. The van der Waals surface area contributed by atoms with Crippen molar-refractivity contribution in [3.05, 3.63) is 71.8 Å². The van der Waals surface area contributed by atoms with Gasteiger partial charge in [0.1, 0.15) is 0 Å². The van der Waals surface area contributed by atoms with E-state index in [4.69, 9.17) is 28.5 Å². The first-order valence-electron chi connectivity index (χ1n) is 16.5. The summed E-state index contributed by atoms with van der Waals surface area (Å²) < 4.78 is 29.7. The quantitative estimate of drug-likeness (QED) is 0.171. The van der Waals surface area contributed by atoms with Crippen molar-refractivity contribution in [1.82, 2.24) is 0 Å². The molecule has 0 aromatic heterocycles. The summed E-state index contributed by atoms with van der Waals surface area (Å²) in [6.07, 6.45) is 10.0. The molecule has 4 rings (SSSR count). The number of aliphatic hydroxyl groups is 1. The summed E-state index contributed by atoms with van der Waals surface area (Å²) in [6.45, 7) is 14.8. The summed E-state index contributed by atoms with van der Waals surface area (Å²) in [6, 6.07) is 20.7. The zero-order chi connectivity index (χ0) is 31.0. The van der Waals surface area contributed by atoms with Crippen molar-refractivity contribution < 1.29 is 28.5 Å². The Kier molecular flexibility index (Phi) is 15.9. The van der Waals surface area contributed by atoms with Crippen molar-refractivity contribution >= 4 is 8.32 Å². The largest absolute Gasteiger partial charge is 0.414 e. The number of ether oxygens (including phenoxy) is 4. The standard InChI is InChI=1S/C21H36O3Si.C15H22O3/c1-21(2,3)25(4,5)24-16-15-22-19-11-13-20(14-12-19)23-17-18-9-7-6-8-10-18;16-10-11-17-14-6-8-15(9-7-14)18-12-13-4-2-1-3-5-13/h6-10,19-20H,11-17H2,1-5H3;1-5,14-16H,6-12H2. The second-order valence-electron chi connectivity index (χ2n) is 13.5. The van der Waals surface area contributed by atoms with E-state index in [2.05, 4.69) is 70.3 Å². The molecule has 0 heterocycles. The Hall–Kier alpha value is -1.58. The molecule has 2 fully saturated rings. The highest BCUT2D eigenvalue weighted by Crippen LogP contribution is 2.36. The van der Waals surface area contributed by atoms with Gasteiger partial charge in [0.05, 0.1) is 64.1 Å². The molecule has 6 nitrogen and oxygen atoms in total. The zero-order valence-electron chi connectivity index (χ0n) is 27.5. The number of hydrogen-bond donors (Lipinski definition) is 1. The van der Waals surface area contributed by atoms with Gasteiger partial charge in [-0.25, -0.2) is 0 Å². The molecule has 0 unspecified atom stereocenters. The highest BCUT2D eigenvalue weighted by atomic mass is 28.4. The number of rotatable bonds is 14. The van der Waals surface area contributed by atoms with Crippen LogP contribution >= 0.6 is 0 Å². The number of hydrogen-bond acceptors (Lipinski definition) is 6. The van der Waals surface area contributed by atoms with E-state index < -0.39 is 8.32 Å². The summed E-state index contributed by atoms with van der Waals surface area (Å²) >= 11 is 0. The number of aliphatic hydroxyl groups excluding tert-OH is 1. The third-order valence-corrected chi connectivity index (χ3v) is 13.6. The highest BCUT2D eigenvalue weighted by molar-refractivity contribution is 6.74. The third kappa shape index (κ3) is 13.9. The van der Waals surface area contributed by atoms with Crippen molar-refractivity contribution in [3.63, 3.8) is 0 Å². The third-order valence-electron chi connectivity index (χ3n) is 9.05. The van der Waals surface area contributed by atoms with Crippen LogP contribution in [0.2, 0.25) is 18.1 Å². The Morgan fingerprint density at radius 2 is 0.953 bits per heavy atom. The van der Waals surface area contributed by atoms with Gasteiger partial charge in [-0.3, -0.25) is 0 Å². The van der Waals surface area contributed by atoms with Gasteiger partial charge in [-0.05, 0) is 80.6 Å². The molecule has 2 aromatic carbocycles. The average molecular weight is 615 g/mol. The van der Waals surface area contributed by atoms with Crippen molar-refractivity contribution in [1.29, 1.82) is 0 Å². The molecule has 2 aliphatic carbocycles. The highest BCUT2D eigenvalue weighted by Gasteiger charge is 2.37. The van der Waals surface area contributed by atoms with Crippen molar-refractivity contribution in [2.75, 3.05) is 26.4 Å². The zero-order valence-corrected chi connectivity index (χ0v) is 28.5. The summed E-state index contributed by atoms with van der Waals surface area (Å²) in [5.74, 6) is 0. The molecule has 0 spiro atoms. The fourth-order valence-corrected chi connectivity index (χ4v) is 6.28. The summed E-state index contributed by atoms with van der Waals surface area (Å²) in [5.41, 5.74) is 2.49. The van der Waals surface area contributed by atoms with E-state index in [1.807, 2.05) is 24.3 Å². The van der Waals surface area contributed by atoms with Crippen LogP contribution in [0, 0.1) is 0 Å². The summed E-state index contributed by atoms with van der Waals surface area (Å²) in [7, 11) is -1.65. The number of benzene rings is 2. The van der Waals surface area contributed by atoms with Crippen LogP contribution in [0.1, 0.15) is 83.3 Å². The van der Waals surface area contributed by atoms with Gasteiger partial charge in [0.15, 0.2) is 8.32 Å². The van der Waals surface area contributed by atoms with Gasteiger partial charge in [-0.15, -0.1) is 0 Å². The van der Waals surface area contributed by atoms with Gasteiger partial charge in [0.25, 0.3) is 0 Å². The lowest BCUT2D eigenvalue weighted by Gasteiger charge is -2.36. The van der Waals surface area contributed by atoms with Crippen LogP contribution in [0.15, 0.2) is 60.7 Å². The van der Waals surface area contributed by atoms with Crippen LogP contribution < -0.4 is 0 Å². The Morgan fingerprint density at radius 1 is 0.581 bits per heavy atom. The monoisotopic (exact) mass is 614 g/mol. The molecule has 2 saturated carbocycles. The summed E-state index contributed by atoms with van der Waals surface area (Å²) in [4.78, 5) is 0. The predicted molar refractivity (Wildman–Crippen MR) is 177 cm³/mol. The lowest BCUT2D eigenvalue weighted by atomic mass is 9.95. The van der Waals surface area contributed by atoms with E-state index in [1.54, 1.807) is 0 Å². The van der Waals surface area contributed by atoms with E-state index in [1.165, 1.54) is 11.1 Å². The SMILES string of the molecule is CC(C)(C)[Si](C)(C)OCCOC1CCC(OCc2ccccc2)CC1.OCCOC1CCC(OCc2ccccc2)CC1. The van der Waals surface area contributed by atoms with Crippen LogP contribution in [0.25, 0.3) is 0 Å². The molecule has 2 aromatic rings. The van der Waals surface area contributed by atoms with E-state index in [0.717, 1.165) is 64.6 Å². The Morgan fingerprint density at radius 3 is 1.33 bits per heavy atom. The molecular formula is C36H58O6Si. The maximum Gasteiger partial charge on any atom is 0.192 e. The Bertz CT molecular complexity index is 964. The molecule has 242 valence electrons. The van der Waals surface area contributed by atoms with Crippen molar-refractivity contribution in [2.24, 2.45) is 0 Å². The lowest BCUT2D eigenvalue weighted by Crippen LogP contribution is -2.41. The minimum absolute atomic E-state index is 0.116. The summed E-state index contributed by atoms with van der Waals surface area (Å²) in [5, 5.41) is 8.97. The van der Waals surface area contributed by atoms with Gasteiger partial charge in [-0.2, -0.15) is 0 Å². The molecule has 0 bridgehead atoms. The fraction of sp³-hybridized carbons (Fsp3) is 0.667. The van der Waals surface area contributed by atoms with Gasteiger partial charge >= 0.3 is 0 Å². The van der Waals surface area contributed by atoms with Gasteiger partial charge in [0, 0.05) is 0 Å². The van der Waals surface area contributed by atoms with Crippen LogP contribution in [-0.2, 0) is 36.6 Å². The first-order valence-corrected chi connectivity index (χ1v) is 19.4. The molecule has 43 heavy (non-hydrogen) atoms. The molecule has 0 radical (unpaired) electrons. The van der Waals surface area contributed by atoms with Crippen molar-refractivity contribution in [3.8, 4) is 0 Å². The minimum Gasteiger partial charge on any atom is -0.414 e. The fourth-order valence-electron chi connectivity index (χ4n) is 5.26. The second kappa shape index (κ2) is 19.0. The van der Waals surface area contributed by atoms with E-state index in [0.29, 0.717) is 44.2 Å². The Balaban J connectivity index is 0.000000248. The molecule has 0 amide bonds. The second-order valence-corrected chi connectivity index (χ2v) is 18.3. The van der Waals surface area contributed by atoms with Crippen LogP contribution in [0.5, 0.6) is 0 Å². The van der Waals surface area contributed by atoms with Gasteiger partial charge < -0.3 is 28.5 Å².